The second-order valence-electron chi connectivity index (χ2n) is 5.58. The Labute approximate surface area is 162 Å². The molecule has 0 N–H and O–H groups in total. The van der Waals surface area contributed by atoms with Crippen LogP contribution in [0.25, 0.3) is 11.1 Å². The molecule has 1 heterocycles. The van der Waals surface area contributed by atoms with E-state index < -0.39 is 37.3 Å². The predicted octanol–water partition coefficient (Wildman–Crippen LogP) is 3.12. The van der Waals surface area contributed by atoms with E-state index in [2.05, 4.69) is 5.10 Å². The molecule has 152 valence electrons. The topological polar surface area (TPSA) is 95.3 Å². The lowest BCUT2D eigenvalue weighted by Crippen LogP contribution is -2.22. The van der Waals surface area contributed by atoms with Crippen molar-refractivity contribution in [2.45, 2.75) is 22.9 Å². The molecule has 7 nitrogen and oxygen atoms in total. The monoisotopic (exact) mass is 436 g/mol. The molecule has 0 saturated heterocycles. The number of hydrogen-bond donors (Lipinski definition) is 0. The number of rotatable bonds is 4. The minimum absolute atomic E-state index is 0.0431. The van der Waals surface area contributed by atoms with Gasteiger partial charge in [0.05, 0.1) is 28.2 Å². The standard InChI is InChI=1S/C16H15F3N2O5S2/c1-4-26-15(23)27-13-11(8-20-21(2)14(13)22)10-6-5-9(16(17,18)19)7-12(10)28(3,24)25/h5-8H,4H2,1-3H3. The Morgan fingerprint density at radius 1 is 1.29 bits per heavy atom. The van der Waals surface area contributed by atoms with E-state index in [4.69, 9.17) is 4.74 Å². The van der Waals surface area contributed by atoms with Gasteiger partial charge < -0.3 is 4.74 Å². The molecule has 0 spiro atoms. The number of aromatic nitrogens is 2. The summed E-state index contributed by atoms with van der Waals surface area (Å²) in [4.78, 5) is 23.4. The number of benzene rings is 1. The summed E-state index contributed by atoms with van der Waals surface area (Å²) in [6, 6.07) is 2.12. The lowest BCUT2D eigenvalue weighted by atomic mass is 10.1. The highest BCUT2D eigenvalue weighted by Gasteiger charge is 2.33. The van der Waals surface area contributed by atoms with E-state index in [9.17, 15) is 31.2 Å². The number of nitrogens with zero attached hydrogens (tertiary/aromatic N) is 2. The Balaban J connectivity index is 2.79. The molecule has 0 aliphatic heterocycles. The molecule has 12 heteroatoms. The summed E-state index contributed by atoms with van der Waals surface area (Å²) in [5.41, 5.74) is -2.15. The van der Waals surface area contributed by atoms with E-state index in [0.29, 0.717) is 23.9 Å². The number of sulfone groups is 1. The van der Waals surface area contributed by atoms with Gasteiger partial charge in [0.25, 0.3) is 5.56 Å². The highest BCUT2D eigenvalue weighted by Crippen LogP contribution is 2.37. The number of thioether (sulfide) groups is 1. The summed E-state index contributed by atoms with van der Waals surface area (Å²) >= 11 is 0.408. The van der Waals surface area contributed by atoms with Crippen molar-refractivity contribution in [3.63, 3.8) is 0 Å². The third kappa shape index (κ3) is 4.73. The zero-order chi connectivity index (χ0) is 21.3. The first kappa shape index (κ1) is 22.0. The lowest BCUT2D eigenvalue weighted by molar-refractivity contribution is -0.137. The van der Waals surface area contributed by atoms with Crippen LogP contribution in [0.5, 0.6) is 0 Å². The van der Waals surface area contributed by atoms with E-state index in [-0.39, 0.29) is 22.6 Å². The number of halogens is 3. The summed E-state index contributed by atoms with van der Waals surface area (Å²) in [6.07, 6.45) is -2.90. The largest absolute Gasteiger partial charge is 0.458 e. The third-order valence-electron chi connectivity index (χ3n) is 3.54. The minimum atomic E-state index is -4.76. The molecule has 0 bridgehead atoms. The van der Waals surface area contributed by atoms with Crippen LogP contribution in [-0.2, 0) is 27.8 Å². The van der Waals surface area contributed by atoms with E-state index in [1.165, 1.54) is 7.05 Å². The van der Waals surface area contributed by atoms with Gasteiger partial charge in [-0.15, -0.1) is 0 Å². The molecule has 2 aromatic rings. The summed E-state index contributed by atoms with van der Waals surface area (Å²) in [5.74, 6) is 0. The first-order valence-electron chi connectivity index (χ1n) is 7.68. The van der Waals surface area contributed by atoms with Gasteiger partial charge in [-0.1, -0.05) is 6.07 Å². The molecule has 28 heavy (non-hydrogen) atoms. The molecule has 0 radical (unpaired) electrons. The van der Waals surface area contributed by atoms with Gasteiger partial charge in [-0.05, 0) is 30.8 Å². The molecule has 0 aliphatic rings. The Morgan fingerprint density at radius 2 is 1.93 bits per heavy atom. The number of carbonyl (C=O) groups is 1. The Kier molecular flexibility index (Phi) is 6.24. The van der Waals surface area contributed by atoms with E-state index in [1.807, 2.05) is 0 Å². The Bertz CT molecular complexity index is 1080. The van der Waals surface area contributed by atoms with E-state index >= 15 is 0 Å². The van der Waals surface area contributed by atoms with Crippen molar-refractivity contribution in [2.24, 2.45) is 7.05 Å². The molecule has 1 aromatic carbocycles. The van der Waals surface area contributed by atoms with Gasteiger partial charge in [0.2, 0.25) is 0 Å². The normalized spacial score (nSPS) is 12.1. The molecule has 1 aromatic heterocycles. The van der Waals surface area contributed by atoms with Gasteiger partial charge >= 0.3 is 11.5 Å². The number of alkyl halides is 3. The lowest BCUT2D eigenvalue weighted by Gasteiger charge is -2.15. The van der Waals surface area contributed by atoms with Crippen molar-refractivity contribution in [1.29, 1.82) is 0 Å². The zero-order valence-electron chi connectivity index (χ0n) is 14.9. The summed E-state index contributed by atoms with van der Waals surface area (Å²) in [5, 5.41) is 2.97. The van der Waals surface area contributed by atoms with Crippen LogP contribution in [0.15, 0.2) is 39.0 Å². The quantitative estimate of drug-likeness (QED) is 0.537. The van der Waals surface area contributed by atoms with Gasteiger partial charge in [-0.25, -0.2) is 17.9 Å². The van der Waals surface area contributed by atoms with Crippen molar-refractivity contribution in [3.8, 4) is 11.1 Å². The molecule has 0 atom stereocenters. The molecular formula is C16H15F3N2O5S2. The van der Waals surface area contributed by atoms with Crippen LogP contribution in [0.3, 0.4) is 0 Å². The minimum Gasteiger partial charge on any atom is -0.458 e. The first-order chi connectivity index (χ1) is 12.9. The van der Waals surface area contributed by atoms with Gasteiger partial charge in [0.1, 0.15) is 0 Å². The predicted molar refractivity (Wildman–Crippen MR) is 95.9 cm³/mol. The number of carbonyl (C=O) groups excluding carboxylic acids is 1. The molecule has 0 fully saturated rings. The highest BCUT2D eigenvalue weighted by molar-refractivity contribution is 8.13. The van der Waals surface area contributed by atoms with Crippen LogP contribution in [0.4, 0.5) is 18.0 Å². The molecule has 0 saturated carbocycles. The van der Waals surface area contributed by atoms with Crippen molar-refractivity contribution in [3.05, 3.63) is 40.3 Å². The highest BCUT2D eigenvalue weighted by atomic mass is 32.2. The van der Waals surface area contributed by atoms with Crippen LogP contribution >= 0.6 is 11.8 Å². The van der Waals surface area contributed by atoms with Crippen LogP contribution in [-0.4, -0.2) is 36.4 Å². The van der Waals surface area contributed by atoms with E-state index in [0.717, 1.165) is 23.2 Å². The number of aryl methyl sites for hydroxylation is 1. The smallest absolute Gasteiger partial charge is 0.416 e. The maximum Gasteiger partial charge on any atom is 0.416 e. The van der Waals surface area contributed by atoms with Gasteiger partial charge in [-0.2, -0.15) is 18.3 Å². The van der Waals surface area contributed by atoms with Crippen molar-refractivity contribution >= 4 is 26.9 Å². The average molecular weight is 436 g/mol. The zero-order valence-corrected chi connectivity index (χ0v) is 16.5. The van der Waals surface area contributed by atoms with Crippen LogP contribution < -0.4 is 5.56 Å². The number of hydrogen-bond acceptors (Lipinski definition) is 7. The van der Waals surface area contributed by atoms with Crippen molar-refractivity contribution in [2.75, 3.05) is 12.9 Å². The summed E-state index contributed by atoms with van der Waals surface area (Å²) in [7, 11) is -2.79. The molecule has 0 aliphatic carbocycles. The van der Waals surface area contributed by atoms with Crippen LogP contribution in [0.2, 0.25) is 0 Å². The summed E-state index contributed by atoms with van der Waals surface area (Å²) < 4.78 is 69.0. The molecule has 2 rings (SSSR count). The number of ether oxygens (including phenoxy) is 1. The SMILES string of the molecule is CCOC(=O)Sc1c(-c2ccc(C(F)(F)F)cc2S(C)(=O)=O)cnn(C)c1=O. The van der Waals surface area contributed by atoms with E-state index in [1.54, 1.807) is 6.92 Å². The fourth-order valence-corrected chi connectivity index (χ4v) is 4.02. The second-order valence-corrected chi connectivity index (χ2v) is 8.51. The van der Waals surface area contributed by atoms with Gasteiger partial charge in [0.15, 0.2) is 9.84 Å². The Hall–Kier alpha value is -2.34. The maximum atomic E-state index is 13.0. The average Bonchev–Trinajstić information content (AvgIpc) is 2.57. The van der Waals surface area contributed by atoms with Crippen LogP contribution in [0, 0.1) is 0 Å². The first-order valence-corrected chi connectivity index (χ1v) is 10.4. The maximum absolute atomic E-state index is 13.0. The fraction of sp³-hybridized carbons (Fsp3) is 0.312. The van der Waals surface area contributed by atoms with Gasteiger partial charge in [0, 0.05) is 24.4 Å². The van der Waals surface area contributed by atoms with Crippen molar-refractivity contribution in [1.82, 2.24) is 9.78 Å². The molecule has 0 amide bonds. The summed E-state index contributed by atoms with van der Waals surface area (Å²) in [6.45, 7) is 1.60. The third-order valence-corrected chi connectivity index (χ3v) is 5.56. The second kappa shape index (κ2) is 7.95. The molecular weight excluding hydrogens is 421 g/mol. The Morgan fingerprint density at radius 3 is 2.46 bits per heavy atom. The van der Waals surface area contributed by atoms with Gasteiger partial charge in [-0.3, -0.25) is 4.79 Å². The molecule has 0 unspecified atom stereocenters. The van der Waals surface area contributed by atoms with Crippen LogP contribution in [0.1, 0.15) is 12.5 Å². The van der Waals surface area contributed by atoms with Crippen molar-refractivity contribution < 1.29 is 31.1 Å². The fourth-order valence-electron chi connectivity index (χ4n) is 2.27.